The molecular formula is C21H27N3O7S. The fourth-order valence-corrected chi connectivity index (χ4v) is 5.18. The van der Waals surface area contributed by atoms with Gasteiger partial charge >= 0.3 is 0 Å². The molecule has 11 heteroatoms. The summed E-state index contributed by atoms with van der Waals surface area (Å²) in [6, 6.07) is 9.53. The molecule has 0 bridgehead atoms. The van der Waals surface area contributed by atoms with Crippen molar-refractivity contribution >= 4 is 21.4 Å². The predicted octanol–water partition coefficient (Wildman–Crippen LogP) is 2.31. The van der Waals surface area contributed by atoms with Gasteiger partial charge in [0.05, 0.1) is 38.0 Å². The third kappa shape index (κ3) is 5.12. The second kappa shape index (κ2) is 10.2. The van der Waals surface area contributed by atoms with Crippen molar-refractivity contribution in [1.82, 2.24) is 4.31 Å². The molecule has 32 heavy (non-hydrogen) atoms. The van der Waals surface area contributed by atoms with Gasteiger partial charge in [-0.3, -0.25) is 10.1 Å². The molecule has 2 aromatic rings. The quantitative estimate of drug-likeness (QED) is 0.410. The van der Waals surface area contributed by atoms with Crippen LogP contribution in [0.5, 0.6) is 11.5 Å². The molecule has 0 unspecified atom stereocenters. The average Bonchev–Trinajstić information content (AvgIpc) is 2.82. The molecular weight excluding hydrogens is 438 g/mol. The lowest BCUT2D eigenvalue weighted by Crippen LogP contribution is -2.41. The van der Waals surface area contributed by atoms with E-state index in [1.165, 1.54) is 16.4 Å². The number of likely N-dealkylation sites (N-methyl/N-ethyl adjacent to an activating group) is 1. The van der Waals surface area contributed by atoms with Gasteiger partial charge in [0.1, 0.15) is 4.90 Å². The van der Waals surface area contributed by atoms with Crippen molar-refractivity contribution in [3.63, 3.8) is 0 Å². The molecule has 0 radical (unpaired) electrons. The fraction of sp³-hybridized carbons (Fsp3) is 0.429. The van der Waals surface area contributed by atoms with Crippen molar-refractivity contribution in [2.75, 3.05) is 59.0 Å². The van der Waals surface area contributed by atoms with E-state index in [2.05, 4.69) is 0 Å². The number of hydrogen-bond donors (Lipinski definition) is 0. The van der Waals surface area contributed by atoms with Crippen molar-refractivity contribution in [3.05, 3.63) is 52.1 Å². The van der Waals surface area contributed by atoms with Crippen LogP contribution in [0, 0.1) is 10.1 Å². The predicted molar refractivity (Wildman–Crippen MR) is 119 cm³/mol. The average molecular weight is 466 g/mol. The van der Waals surface area contributed by atoms with Crippen molar-refractivity contribution in [3.8, 4) is 11.5 Å². The van der Waals surface area contributed by atoms with Crippen molar-refractivity contribution in [2.45, 2.75) is 11.3 Å². The summed E-state index contributed by atoms with van der Waals surface area (Å²) in [5.41, 5.74) is 1.12. The number of nitro benzene ring substituents is 1. The lowest BCUT2D eigenvalue weighted by Gasteiger charge is -2.29. The fourth-order valence-electron chi connectivity index (χ4n) is 3.52. The van der Waals surface area contributed by atoms with Gasteiger partial charge in [-0.1, -0.05) is 6.07 Å². The van der Waals surface area contributed by atoms with E-state index >= 15 is 0 Å². The second-order valence-electron chi connectivity index (χ2n) is 7.29. The minimum absolute atomic E-state index is 0.0802. The Bertz CT molecular complexity index is 1070. The van der Waals surface area contributed by atoms with E-state index < -0.39 is 14.9 Å². The number of hydrogen-bond acceptors (Lipinski definition) is 8. The number of sulfonamides is 1. The first-order valence-electron chi connectivity index (χ1n) is 10.1. The van der Waals surface area contributed by atoms with Gasteiger partial charge in [-0.15, -0.1) is 0 Å². The molecule has 174 valence electrons. The SMILES string of the molecule is COc1ccc(CCN(C)c2ccc([N+](=O)[O-])cc2S(=O)(=O)N2CCOCC2)cc1OC. The highest BCUT2D eigenvalue weighted by Crippen LogP contribution is 2.32. The van der Waals surface area contributed by atoms with Crippen molar-refractivity contribution in [2.24, 2.45) is 0 Å². The van der Waals surface area contributed by atoms with Crippen LogP contribution in [-0.4, -0.2) is 71.8 Å². The van der Waals surface area contributed by atoms with Gasteiger partial charge in [-0.2, -0.15) is 4.31 Å². The molecule has 2 aromatic carbocycles. The molecule has 0 saturated carbocycles. The number of nitro groups is 1. The van der Waals surface area contributed by atoms with E-state index in [9.17, 15) is 18.5 Å². The van der Waals surface area contributed by atoms with Crippen LogP contribution >= 0.6 is 0 Å². The van der Waals surface area contributed by atoms with Crippen LogP contribution in [0.1, 0.15) is 5.56 Å². The maximum Gasteiger partial charge on any atom is 0.270 e. The highest BCUT2D eigenvalue weighted by Gasteiger charge is 2.31. The molecule has 3 rings (SSSR count). The lowest BCUT2D eigenvalue weighted by atomic mass is 10.1. The maximum absolute atomic E-state index is 13.3. The Morgan fingerprint density at radius 1 is 1.09 bits per heavy atom. The van der Waals surface area contributed by atoms with Crippen LogP contribution in [0.4, 0.5) is 11.4 Å². The summed E-state index contributed by atoms with van der Waals surface area (Å²) in [5, 5.41) is 11.3. The van der Waals surface area contributed by atoms with Gasteiger partial charge in [0.25, 0.3) is 5.69 Å². The van der Waals surface area contributed by atoms with Gasteiger partial charge in [-0.25, -0.2) is 8.42 Å². The van der Waals surface area contributed by atoms with Crippen molar-refractivity contribution in [1.29, 1.82) is 0 Å². The minimum Gasteiger partial charge on any atom is -0.493 e. The first kappa shape index (κ1) is 23.8. The van der Waals surface area contributed by atoms with Crippen LogP contribution in [0.25, 0.3) is 0 Å². The topological polar surface area (TPSA) is 111 Å². The number of morpholine rings is 1. The summed E-state index contributed by atoms with van der Waals surface area (Å²) in [6.07, 6.45) is 0.602. The van der Waals surface area contributed by atoms with Crippen LogP contribution in [0.3, 0.4) is 0 Å². The number of anilines is 1. The van der Waals surface area contributed by atoms with Gasteiger partial charge in [0, 0.05) is 38.8 Å². The van der Waals surface area contributed by atoms with E-state index in [0.29, 0.717) is 43.4 Å². The molecule has 1 heterocycles. The Balaban J connectivity index is 1.88. The highest BCUT2D eigenvalue weighted by atomic mass is 32.2. The number of ether oxygens (including phenoxy) is 3. The van der Waals surface area contributed by atoms with Crippen LogP contribution in [0.15, 0.2) is 41.3 Å². The Morgan fingerprint density at radius 3 is 2.41 bits per heavy atom. The molecule has 0 spiro atoms. The van der Waals surface area contributed by atoms with E-state index in [1.54, 1.807) is 26.2 Å². The minimum atomic E-state index is -3.93. The number of methoxy groups -OCH3 is 2. The van der Waals surface area contributed by atoms with Crippen LogP contribution in [-0.2, 0) is 21.2 Å². The van der Waals surface area contributed by atoms with E-state index in [0.717, 1.165) is 11.6 Å². The second-order valence-corrected chi connectivity index (χ2v) is 9.19. The number of nitrogens with zero attached hydrogens (tertiary/aromatic N) is 3. The van der Waals surface area contributed by atoms with Crippen molar-refractivity contribution < 1.29 is 27.6 Å². The zero-order chi connectivity index (χ0) is 23.3. The number of rotatable bonds is 9. The Morgan fingerprint density at radius 2 is 1.78 bits per heavy atom. The Hall–Kier alpha value is -2.89. The first-order valence-corrected chi connectivity index (χ1v) is 11.5. The number of non-ortho nitro benzene ring substituents is 1. The summed E-state index contributed by atoms with van der Waals surface area (Å²) in [6.45, 7) is 1.48. The molecule has 1 aliphatic rings. The molecule has 10 nitrogen and oxygen atoms in total. The monoisotopic (exact) mass is 465 g/mol. The molecule has 1 saturated heterocycles. The van der Waals surface area contributed by atoms with E-state index in [4.69, 9.17) is 14.2 Å². The zero-order valence-corrected chi connectivity index (χ0v) is 19.1. The van der Waals surface area contributed by atoms with E-state index in [1.807, 2.05) is 18.2 Å². The van der Waals surface area contributed by atoms with Crippen LogP contribution in [0.2, 0.25) is 0 Å². The Labute approximate surface area is 187 Å². The maximum atomic E-state index is 13.3. The van der Waals surface area contributed by atoms with Gasteiger partial charge in [0.2, 0.25) is 10.0 Å². The molecule has 0 atom stereocenters. The van der Waals surface area contributed by atoms with Gasteiger partial charge in [-0.05, 0) is 30.2 Å². The molecule has 0 N–H and O–H groups in total. The van der Waals surface area contributed by atoms with Crippen LogP contribution < -0.4 is 14.4 Å². The summed E-state index contributed by atoms with van der Waals surface area (Å²) in [4.78, 5) is 12.4. The van der Waals surface area contributed by atoms with Gasteiger partial charge in [0.15, 0.2) is 11.5 Å². The smallest absolute Gasteiger partial charge is 0.270 e. The zero-order valence-electron chi connectivity index (χ0n) is 18.3. The lowest BCUT2D eigenvalue weighted by molar-refractivity contribution is -0.385. The molecule has 0 aliphatic carbocycles. The molecule has 0 aromatic heterocycles. The molecule has 1 fully saturated rings. The number of benzene rings is 2. The first-order chi connectivity index (χ1) is 15.3. The summed E-state index contributed by atoms with van der Waals surface area (Å²) >= 11 is 0. The largest absolute Gasteiger partial charge is 0.493 e. The van der Waals surface area contributed by atoms with Gasteiger partial charge < -0.3 is 19.1 Å². The third-order valence-corrected chi connectivity index (χ3v) is 7.26. The summed E-state index contributed by atoms with van der Waals surface area (Å²) in [7, 11) is 0.967. The summed E-state index contributed by atoms with van der Waals surface area (Å²) in [5.74, 6) is 1.23. The molecule has 1 aliphatic heterocycles. The Kier molecular flexibility index (Phi) is 7.54. The summed E-state index contributed by atoms with van der Waals surface area (Å²) < 4.78 is 43.8. The highest BCUT2D eigenvalue weighted by molar-refractivity contribution is 7.89. The van der Waals surface area contributed by atoms with E-state index in [-0.39, 0.29) is 23.7 Å². The third-order valence-electron chi connectivity index (χ3n) is 5.34. The molecule has 0 amide bonds. The normalized spacial score (nSPS) is 14.7. The standard InChI is InChI=1S/C21H27N3O7S/c1-22(9-8-16-4-7-19(29-2)20(14-16)30-3)18-6-5-17(24(25)26)15-21(18)32(27,28)23-10-12-31-13-11-23/h4-7,14-15H,8-13H2,1-3H3.